The summed E-state index contributed by atoms with van der Waals surface area (Å²) < 4.78 is 3.28. The summed E-state index contributed by atoms with van der Waals surface area (Å²) in [5, 5.41) is 6.37. The van der Waals surface area contributed by atoms with Gasteiger partial charge in [-0.05, 0) is 42.8 Å². The first-order valence-corrected chi connectivity index (χ1v) is 10.4. The van der Waals surface area contributed by atoms with Crippen LogP contribution in [0.2, 0.25) is 5.02 Å². The van der Waals surface area contributed by atoms with Crippen LogP contribution in [0.1, 0.15) is 11.3 Å². The third-order valence-electron chi connectivity index (χ3n) is 4.27. The van der Waals surface area contributed by atoms with Crippen LogP contribution in [0.4, 0.5) is 0 Å². The van der Waals surface area contributed by atoms with Crippen LogP contribution in [0.5, 0.6) is 0 Å². The van der Waals surface area contributed by atoms with Crippen LogP contribution < -0.4 is 5.32 Å². The standard InChI is InChI=1S/C20H17BrClN3S/c21-16-5-1-14(2-6-16)9-10-23-13-18-19(15-3-7-17(22)8-4-15)24-20-25(18)11-12-26-20/h1-8,11-12,23H,9-10,13H2. The molecular weight excluding hydrogens is 430 g/mol. The molecule has 132 valence electrons. The molecule has 0 aliphatic heterocycles. The Bertz CT molecular complexity index is 1010. The van der Waals surface area contributed by atoms with Crippen molar-refractivity contribution in [1.29, 1.82) is 0 Å². The Morgan fingerprint density at radius 3 is 2.62 bits per heavy atom. The van der Waals surface area contributed by atoms with E-state index in [9.17, 15) is 0 Å². The Morgan fingerprint density at radius 2 is 1.85 bits per heavy atom. The third kappa shape index (κ3) is 3.86. The van der Waals surface area contributed by atoms with Crippen molar-refractivity contribution in [2.45, 2.75) is 13.0 Å². The summed E-state index contributed by atoms with van der Waals surface area (Å²) >= 11 is 11.2. The first kappa shape index (κ1) is 17.7. The molecule has 6 heteroatoms. The molecule has 0 saturated heterocycles. The summed E-state index contributed by atoms with van der Waals surface area (Å²) in [4.78, 5) is 5.83. The van der Waals surface area contributed by atoms with Crippen molar-refractivity contribution in [3.63, 3.8) is 0 Å². The van der Waals surface area contributed by atoms with E-state index in [1.807, 2.05) is 24.3 Å². The van der Waals surface area contributed by atoms with E-state index in [1.165, 1.54) is 11.3 Å². The highest BCUT2D eigenvalue weighted by Gasteiger charge is 2.14. The van der Waals surface area contributed by atoms with Crippen LogP contribution in [0, 0.1) is 0 Å². The smallest absolute Gasteiger partial charge is 0.194 e. The molecule has 4 rings (SSSR count). The average Bonchev–Trinajstić information content (AvgIpc) is 3.23. The maximum absolute atomic E-state index is 6.03. The summed E-state index contributed by atoms with van der Waals surface area (Å²) in [6.07, 6.45) is 3.08. The number of halogens is 2. The maximum Gasteiger partial charge on any atom is 0.194 e. The van der Waals surface area contributed by atoms with Crippen molar-refractivity contribution in [3.8, 4) is 11.3 Å². The van der Waals surface area contributed by atoms with Gasteiger partial charge in [0, 0.05) is 33.2 Å². The zero-order chi connectivity index (χ0) is 17.9. The third-order valence-corrected chi connectivity index (χ3v) is 5.81. The van der Waals surface area contributed by atoms with Gasteiger partial charge >= 0.3 is 0 Å². The molecule has 0 aliphatic rings. The van der Waals surface area contributed by atoms with E-state index >= 15 is 0 Å². The van der Waals surface area contributed by atoms with Gasteiger partial charge in [0.2, 0.25) is 0 Å². The molecule has 0 fully saturated rings. The van der Waals surface area contributed by atoms with Crippen molar-refractivity contribution in [2.24, 2.45) is 0 Å². The Labute approximate surface area is 169 Å². The van der Waals surface area contributed by atoms with Crippen molar-refractivity contribution in [2.75, 3.05) is 6.54 Å². The number of rotatable bonds is 6. The van der Waals surface area contributed by atoms with Gasteiger partial charge in [-0.2, -0.15) is 0 Å². The molecule has 0 spiro atoms. The zero-order valence-electron chi connectivity index (χ0n) is 14.0. The molecule has 0 bridgehead atoms. The van der Waals surface area contributed by atoms with Crippen LogP contribution in [-0.4, -0.2) is 15.9 Å². The highest BCUT2D eigenvalue weighted by molar-refractivity contribution is 9.10. The first-order chi connectivity index (χ1) is 12.7. The van der Waals surface area contributed by atoms with Gasteiger partial charge in [-0.25, -0.2) is 4.98 Å². The monoisotopic (exact) mass is 445 g/mol. The van der Waals surface area contributed by atoms with Gasteiger partial charge in [0.1, 0.15) is 0 Å². The molecule has 0 atom stereocenters. The fourth-order valence-electron chi connectivity index (χ4n) is 2.93. The summed E-state index contributed by atoms with van der Waals surface area (Å²) in [6.45, 7) is 1.69. The lowest BCUT2D eigenvalue weighted by molar-refractivity contribution is 0.672. The molecule has 0 unspecified atom stereocenters. The van der Waals surface area contributed by atoms with Gasteiger partial charge in [-0.3, -0.25) is 4.40 Å². The summed E-state index contributed by atoms with van der Waals surface area (Å²) in [7, 11) is 0. The quantitative estimate of drug-likeness (QED) is 0.379. The normalized spacial score (nSPS) is 11.3. The SMILES string of the molecule is Clc1ccc(-c2nc3sccn3c2CNCCc2ccc(Br)cc2)cc1. The Balaban J connectivity index is 1.50. The Kier molecular flexibility index (Phi) is 5.41. The number of aromatic nitrogens is 2. The lowest BCUT2D eigenvalue weighted by Crippen LogP contribution is -2.18. The number of hydrogen-bond donors (Lipinski definition) is 1. The fraction of sp³-hybridized carbons (Fsp3) is 0.150. The lowest BCUT2D eigenvalue weighted by Gasteiger charge is -2.07. The van der Waals surface area contributed by atoms with Crippen LogP contribution in [0.25, 0.3) is 16.2 Å². The molecule has 4 aromatic rings. The second kappa shape index (κ2) is 7.92. The minimum atomic E-state index is 0.740. The van der Waals surface area contributed by atoms with E-state index in [2.05, 4.69) is 61.5 Å². The number of benzene rings is 2. The number of imidazole rings is 1. The highest BCUT2D eigenvalue weighted by Crippen LogP contribution is 2.27. The second-order valence-electron chi connectivity index (χ2n) is 6.02. The van der Waals surface area contributed by atoms with Crippen LogP contribution in [0.3, 0.4) is 0 Å². The van der Waals surface area contributed by atoms with Crippen molar-refractivity contribution >= 4 is 43.8 Å². The van der Waals surface area contributed by atoms with Gasteiger partial charge in [0.05, 0.1) is 11.4 Å². The van der Waals surface area contributed by atoms with E-state index in [1.54, 1.807) is 11.3 Å². The summed E-state index contributed by atoms with van der Waals surface area (Å²) in [5.74, 6) is 0. The van der Waals surface area contributed by atoms with Crippen molar-refractivity contribution in [1.82, 2.24) is 14.7 Å². The fourth-order valence-corrected chi connectivity index (χ4v) is 4.05. The Morgan fingerprint density at radius 1 is 1.08 bits per heavy atom. The number of fused-ring (bicyclic) bond motifs is 1. The average molecular weight is 447 g/mol. The minimum Gasteiger partial charge on any atom is -0.311 e. The van der Waals surface area contributed by atoms with Crippen molar-refractivity contribution in [3.05, 3.63) is 80.9 Å². The molecule has 0 amide bonds. The summed E-state index contributed by atoms with van der Waals surface area (Å²) in [6, 6.07) is 16.4. The molecule has 3 nitrogen and oxygen atoms in total. The molecule has 2 aromatic carbocycles. The highest BCUT2D eigenvalue weighted by atomic mass is 79.9. The predicted molar refractivity (Wildman–Crippen MR) is 113 cm³/mol. The topological polar surface area (TPSA) is 29.3 Å². The molecule has 2 aromatic heterocycles. The van der Waals surface area contributed by atoms with E-state index in [0.717, 1.165) is 45.2 Å². The van der Waals surface area contributed by atoms with Crippen LogP contribution in [-0.2, 0) is 13.0 Å². The lowest BCUT2D eigenvalue weighted by atomic mass is 10.1. The largest absolute Gasteiger partial charge is 0.311 e. The van der Waals surface area contributed by atoms with Crippen LogP contribution >= 0.6 is 38.9 Å². The maximum atomic E-state index is 6.03. The van der Waals surface area contributed by atoms with E-state index in [4.69, 9.17) is 16.6 Å². The number of nitrogens with zero attached hydrogens (tertiary/aromatic N) is 2. The Hall–Kier alpha value is -1.66. The molecule has 0 radical (unpaired) electrons. The second-order valence-corrected chi connectivity index (χ2v) is 8.25. The molecule has 0 saturated carbocycles. The van der Waals surface area contributed by atoms with E-state index in [0.29, 0.717) is 0 Å². The predicted octanol–water partition coefficient (Wildman–Crippen LogP) is 5.81. The minimum absolute atomic E-state index is 0.740. The molecule has 1 N–H and O–H groups in total. The number of nitrogens with one attached hydrogen (secondary N) is 1. The number of thiazole rings is 1. The van der Waals surface area contributed by atoms with Crippen molar-refractivity contribution < 1.29 is 0 Å². The summed E-state index contributed by atoms with van der Waals surface area (Å²) in [5.41, 5.74) is 4.62. The number of hydrogen-bond acceptors (Lipinski definition) is 3. The van der Waals surface area contributed by atoms with Gasteiger partial charge in [0.15, 0.2) is 4.96 Å². The van der Waals surface area contributed by atoms with Crippen LogP contribution in [0.15, 0.2) is 64.6 Å². The van der Waals surface area contributed by atoms with Gasteiger partial charge in [-0.1, -0.05) is 51.8 Å². The van der Waals surface area contributed by atoms with Gasteiger partial charge in [0.25, 0.3) is 0 Å². The van der Waals surface area contributed by atoms with Gasteiger partial charge in [-0.15, -0.1) is 11.3 Å². The molecular formula is C20H17BrClN3S. The first-order valence-electron chi connectivity index (χ1n) is 8.36. The zero-order valence-corrected chi connectivity index (χ0v) is 17.1. The molecule has 0 aliphatic carbocycles. The van der Waals surface area contributed by atoms with E-state index < -0.39 is 0 Å². The molecule has 26 heavy (non-hydrogen) atoms. The molecule has 2 heterocycles. The van der Waals surface area contributed by atoms with E-state index in [-0.39, 0.29) is 0 Å². The van der Waals surface area contributed by atoms with Gasteiger partial charge < -0.3 is 5.32 Å².